The van der Waals surface area contributed by atoms with Crippen LogP contribution in [0, 0.1) is 6.92 Å². The number of carbonyl (C=O) groups is 1. The summed E-state index contributed by atoms with van der Waals surface area (Å²) < 4.78 is 1.60. The van der Waals surface area contributed by atoms with E-state index in [-0.39, 0.29) is 11.2 Å². The van der Waals surface area contributed by atoms with Crippen LogP contribution >= 0.6 is 11.8 Å². The first kappa shape index (κ1) is 15.8. The molecule has 0 unspecified atom stereocenters. The molecule has 0 bridgehead atoms. The van der Waals surface area contributed by atoms with E-state index in [1.807, 2.05) is 12.1 Å². The minimum atomic E-state index is -0.0803. The van der Waals surface area contributed by atoms with E-state index in [2.05, 4.69) is 45.5 Å². The molecule has 25 heavy (non-hydrogen) atoms. The van der Waals surface area contributed by atoms with E-state index in [1.54, 1.807) is 29.0 Å². The molecular weight excluding hydrogens is 334 g/mol. The Morgan fingerprint density at radius 2 is 2.32 bits per heavy atom. The van der Waals surface area contributed by atoms with Crippen LogP contribution in [0.5, 0.6) is 0 Å². The number of carbonyl (C=O) groups excluding carboxylic acids is 1. The van der Waals surface area contributed by atoms with Crippen molar-refractivity contribution in [1.82, 2.24) is 25.1 Å². The number of benzene rings is 1. The molecule has 7 heteroatoms. The van der Waals surface area contributed by atoms with Crippen molar-refractivity contribution in [3.63, 3.8) is 0 Å². The van der Waals surface area contributed by atoms with Gasteiger partial charge in [0.25, 0.3) is 0 Å². The van der Waals surface area contributed by atoms with Crippen LogP contribution in [0.4, 0.5) is 0 Å². The lowest BCUT2D eigenvalue weighted by atomic mass is 10.1. The van der Waals surface area contributed by atoms with E-state index < -0.39 is 0 Å². The van der Waals surface area contributed by atoms with Gasteiger partial charge in [0.2, 0.25) is 5.91 Å². The third-order valence-corrected chi connectivity index (χ3v) is 5.45. The minimum Gasteiger partial charge on any atom is -0.351 e. The Morgan fingerprint density at radius 3 is 3.16 bits per heavy atom. The summed E-state index contributed by atoms with van der Waals surface area (Å²) in [4.78, 5) is 22.1. The van der Waals surface area contributed by atoms with Gasteiger partial charge in [0.15, 0.2) is 5.82 Å². The Balaban J connectivity index is 1.44. The highest BCUT2D eigenvalue weighted by molar-refractivity contribution is 8.01. The maximum absolute atomic E-state index is 12.6. The van der Waals surface area contributed by atoms with Gasteiger partial charge in [-0.2, -0.15) is 5.10 Å². The fourth-order valence-corrected chi connectivity index (χ4v) is 4.19. The van der Waals surface area contributed by atoms with E-state index in [9.17, 15) is 4.79 Å². The van der Waals surface area contributed by atoms with Crippen molar-refractivity contribution in [2.45, 2.75) is 30.0 Å². The van der Waals surface area contributed by atoms with E-state index in [1.165, 1.54) is 22.3 Å². The molecule has 1 atom stereocenters. The fraction of sp³-hybridized carbons (Fsp3) is 0.222. The molecule has 1 amide bonds. The predicted molar refractivity (Wildman–Crippen MR) is 95.5 cm³/mol. The molecule has 1 aliphatic rings. The number of pyridine rings is 1. The third-order valence-electron chi connectivity index (χ3n) is 4.15. The summed E-state index contributed by atoms with van der Waals surface area (Å²) in [7, 11) is 0. The molecule has 3 aromatic rings. The molecule has 0 radical (unpaired) electrons. The second-order valence-electron chi connectivity index (χ2n) is 5.97. The van der Waals surface area contributed by atoms with Crippen LogP contribution in [0.15, 0.2) is 54.1 Å². The molecule has 0 fully saturated rings. The summed E-state index contributed by atoms with van der Waals surface area (Å²) in [5, 5.41) is 7.06. The van der Waals surface area contributed by atoms with Crippen molar-refractivity contribution in [3.8, 4) is 5.82 Å². The number of rotatable bonds is 4. The second-order valence-corrected chi connectivity index (χ2v) is 7.21. The average molecular weight is 351 g/mol. The molecule has 0 saturated heterocycles. The molecular formula is C18H17N5OS. The van der Waals surface area contributed by atoms with Gasteiger partial charge in [0.05, 0.1) is 5.25 Å². The lowest BCUT2D eigenvalue weighted by Gasteiger charge is -2.12. The first-order chi connectivity index (χ1) is 12.2. The van der Waals surface area contributed by atoms with Gasteiger partial charge in [-0.3, -0.25) is 4.79 Å². The standard InChI is InChI=1S/C18H17N5OS/c1-12-4-5-13-8-16(25-15(13)7-12)18(24)21-9-14-3-2-6-20-17(14)23-11-19-10-22-23/h2-7,10-11,16H,8-9H2,1H3,(H,21,24)/t16-/m0/s1. The predicted octanol–water partition coefficient (Wildman–Crippen LogP) is 2.30. The highest BCUT2D eigenvalue weighted by atomic mass is 32.2. The lowest BCUT2D eigenvalue weighted by molar-refractivity contribution is -0.120. The topological polar surface area (TPSA) is 72.7 Å². The number of hydrogen-bond acceptors (Lipinski definition) is 5. The van der Waals surface area contributed by atoms with Crippen LogP contribution in [-0.2, 0) is 17.8 Å². The lowest BCUT2D eigenvalue weighted by Crippen LogP contribution is -2.32. The quantitative estimate of drug-likeness (QED) is 0.781. The van der Waals surface area contributed by atoms with Gasteiger partial charge in [0.1, 0.15) is 12.7 Å². The van der Waals surface area contributed by atoms with E-state index >= 15 is 0 Å². The fourth-order valence-electron chi connectivity index (χ4n) is 2.87. The molecule has 1 N–H and O–H groups in total. The van der Waals surface area contributed by atoms with Crippen molar-refractivity contribution in [1.29, 1.82) is 0 Å². The number of hydrogen-bond donors (Lipinski definition) is 1. The Labute approximate surface area is 149 Å². The van der Waals surface area contributed by atoms with Gasteiger partial charge >= 0.3 is 0 Å². The second kappa shape index (κ2) is 6.68. The smallest absolute Gasteiger partial charge is 0.234 e. The summed E-state index contributed by atoms with van der Waals surface area (Å²) in [6.07, 6.45) is 5.54. The van der Waals surface area contributed by atoms with Crippen molar-refractivity contribution in [2.75, 3.05) is 0 Å². The van der Waals surface area contributed by atoms with Gasteiger partial charge < -0.3 is 5.32 Å². The van der Waals surface area contributed by atoms with Crippen LogP contribution in [-0.4, -0.2) is 30.9 Å². The molecule has 0 saturated carbocycles. The molecule has 1 aliphatic heterocycles. The molecule has 4 rings (SSSR count). The van der Waals surface area contributed by atoms with Crippen LogP contribution < -0.4 is 5.32 Å². The summed E-state index contributed by atoms with van der Waals surface area (Å²) in [6, 6.07) is 10.2. The number of aromatic nitrogens is 4. The normalized spacial score (nSPS) is 15.8. The maximum Gasteiger partial charge on any atom is 0.234 e. The molecule has 2 aromatic heterocycles. The Kier molecular flexibility index (Phi) is 4.23. The Bertz CT molecular complexity index is 910. The van der Waals surface area contributed by atoms with E-state index in [0.29, 0.717) is 12.4 Å². The zero-order valence-corrected chi connectivity index (χ0v) is 14.5. The first-order valence-corrected chi connectivity index (χ1v) is 8.91. The van der Waals surface area contributed by atoms with E-state index in [4.69, 9.17) is 0 Å². The molecule has 1 aromatic carbocycles. The zero-order valence-electron chi connectivity index (χ0n) is 13.7. The molecule has 6 nitrogen and oxygen atoms in total. The van der Waals surface area contributed by atoms with Crippen LogP contribution in [0.25, 0.3) is 5.82 Å². The van der Waals surface area contributed by atoms with Crippen molar-refractivity contribution in [2.24, 2.45) is 0 Å². The SMILES string of the molecule is Cc1ccc2c(c1)S[C@H](C(=O)NCc1cccnc1-n1cncn1)C2. The van der Waals surface area contributed by atoms with E-state index in [0.717, 1.165) is 12.0 Å². The summed E-state index contributed by atoms with van der Waals surface area (Å²) >= 11 is 1.64. The minimum absolute atomic E-state index is 0.0484. The average Bonchev–Trinajstić information content (AvgIpc) is 3.29. The van der Waals surface area contributed by atoms with Gasteiger partial charge in [-0.05, 0) is 31.0 Å². The van der Waals surface area contributed by atoms with Gasteiger partial charge in [0, 0.05) is 23.2 Å². The highest BCUT2D eigenvalue weighted by Gasteiger charge is 2.28. The Hall–Kier alpha value is -2.67. The molecule has 126 valence electrons. The monoisotopic (exact) mass is 351 g/mol. The first-order valence-electron chi connectivity index (χ1n) is 8.03. The van der Waals surface area contributed by atoms with Crippen molar-refractivity contribution >= 4 is 17.7 Å². The van der Waals surface area contributed by atoms with Crippen LogP contribution in [0.3, 0.4) is 0 Å². The third kappa shape index (κ3) is 3.28. The van der Waals surface area contributed by atoms with Crippen LogP contribution in [0.2, 0.25) is 0 Å². The highest BCUT2D eigenvalue weighted by Crippen LogP contribution is 2.37. The molecule has 0 aliphatic carbocycles. The number of amides is 1. The van der Waals surface area contributed by atoms with Gasteiger partial charge in [-0.15, -0.1) is 11.8 Å². The maximum atomic E-state index is 12.6. The summed E-state index contributed by atoms with van der Waals surface area (Å²) in [5.41, 5.74) is 3.37. The Morgan fingerprint density at radius 1 is 1.40 bits per heavy atom. The summed E-state index contributed by atoms with van der Waals surface area (Å²) in [5.74, 6) is 0.727. The van der Waals surface area contributed by atoms with Crippen LogP contribution in [0.1, 0.15) is 16.7 Å². The van der Waals surface area contributed by atoms with Crippen molar-refractivity contribution in [3.05, 3.63) is 65.9 Å². The number of nitrogens with one attached hydrogen (secondary N) is 1. The number of fused-ring (bicyclic) bond motifs is 1. The number of thioether (sulfide) groups is 1. The number of nitrogens with zero attached hydrogens (tertiary/aromatic N) is 4. The summed E-state index contributed by atoms with van der Waals surface area (Å²) in [6.45, 7) is 2.48. The zero-order chi connectivity index (χ0) is 17.2. The van der Waals surface area contributed by atoms with Gasteiger partial charge in [-0.1, -0.05) is 23.8 Å². The molecule has 0 spiro atoms. The molecule has 3 heterocycles. The number of aryl methyl sites for hydroxylation is 1. The van der Waals surface area contributed by atoms with Crippen molar-refractivity contribution < 1.29 is 4.79 Å². The largest absolute Gasteiger partial charge is 0.351 e. The van der Waals surface area contributed by atoms with Gasteiger partial charge in [-0.25, -0.2) is 14.6 Å².